The Labute approximate surface area is 229 Å². The van der Waals surface area contributed by atoms with Crippen LogP contribution in [-0.4, -0.2) is 58.5 Å². The molecule has 0 unspecified atom stereocenters. The van der Waals surface area contributed by atoms with Crippen molar-refractivity contribution in [3.63, 3.8) is 0 Å². The van der Waals surface area contributed by atoms with Crippen molar-refractivity contribution in [1.82, 2.24) is 4.90 Å². The van der Waals surface area contributed by atoms with Gasteiger partial charge in [0.15, 0.2) is 0 Å². The molecule has 2 aromatic rings. The molecule has 4 rings (SSSR count). The van der Waals surface area contributed by atoms with Crippen LogP contribution in [0.1, 0.15) is 36.6 Å². The second-order valence-corrected chi connectivity index (χ2v) is 11.7. The quantitative estimate of drug-likeness (QED) is 0.278. The van der Waals surface area contributed by atoms with Gasteiger partial charge in [0.1, 0.15) is 5.75 Å². The van der Waals surface area contributed by atoms with Crippen LogP contribution in [-0.2, 0) is 20.9 Å². The maximum Gasteiger partial charge on any atom is 0.234 e. The summed E-state index contributed by atoms with van der Waals surface area (Å²) < 4.78 is 6.26. The van der Waals surface area contributed by atoms with E-state index in [0.717, 1.165) is 20.5 Å². The largest absolute Gasteiger partial charge is 0.507 e. The van der Waals surface area contributed by atoms with Crippen LogP contribution in [0, 0.1) is 17.8 Å². The number of ether oxygens (including phenoxy) is 1. The molecular weight excluding hydrogens is 558 g/mol. The summed E-state index contributed by atoms with van der Waals surface area (Å²) in [6, 6.07) is 8.98. The summed E-state index contributed by atoms with van der Waals surface area (Å²) in [6.45, 7) is 2.04. The summed E-state index contributed by atoms with van der Waals surface area (Å²) >= 11 is 4.90. The van der Waals surface area contributed by atoms with E-state index >= 15 is 0 Å². The van der Waals surface area contributed by atoms with E-state index in [-0.39, 0.29) is 37.3 Å². The van der Waals surface area contributed by atoms with Gasteiger partial charge in [-0.05, 0) is 67.0 Å². The van der Waals surface area contributed by atoms with E-state index in [1.807, 2.05) is 36.6 Å². The number of rotatable bonds is 10. The number of fused-ring (bicyclic) bond motifs is 1. The van der Waals surface area contributed by atoms with Crippen LogP contribution in [0.4, 0.5) is 0 Å². The van der Waals surface area contributed by atoms with Gasteiger partial charge in [0.2, 0.25) is 11.8 Å². The van der Waals surface area contributed by atoms with Gasteiger partial charge in [0.05, 0.1) is 37.7 Å². The fourth-order valence-corrected chi connectivity index (χ4v) is 6.62. The van der Waals surface area contributed by atoms with Crippen LogP contribution in [0.25, 0.3) is 6.08 Å². The summed E-state index contributed by atoms with van der Waals surface area (Å²) in [5.41, 5.74) is 3.03. The Kier molecular flexibility index (Phi) is 9.03. The highest BCUT2D eigenvalue weighted by Gasteiger charge is 2.54. The third-order valence-electron chi connectivity index (χ3n) is 7.25. The zero-order valence-corrected chi connectivity index (χ0v) is 23.3. The number of phenolic OH excluding ortho intramolecular Hbond substituents is 1. The molecule has 1 aliphatic heterocycles. The fraction of sp³-hybridized carbons (Fsp3) is 0.429. The Balaban J connectivity index is 1.55. The number of aliphatic hydroxyl groups excluding tert-OH is 2. The van der Waals surface area contributed by atoms with Crippen molar-refractivity contribution in [3.8, 4) is 5.75 Å². The molecule has 1 saturated heterocycles. The number of carbonyl (C=O) groups excluding carboxylic acids is 2. The van der Waals surface area contributed by atoms with Gasteiger partial charge in [-0.1, -0.05) is 33.6 Å². The number of phenols is 1. The molecule has 0 spiro atoms. The summed E-state index contributed by atoms with van der Waals surface area (Å²) in [4.78, 5) is 28.9. The van der Waals surface area contributed by atoms with E-state index in [4.69, 9.17) is 4.74 Å². The number of methoxy groups -OCH3 is 1. The van der Waals surface area contributed by atoms with Crippen molar-refractivity contribution in [1.29, 1.82) is 0 Å². The molecule has 1 aliphatic carbocycles. The lowest BCUT2D eigenvalue weighted by Gasteiger charge is -2.36. The number of nitrogens with zero attached hydrogens (tertiary/aromatic N) is 1. The first-order valence-corrected chi connectivity index (χ1v) is 13.9. The first-order valence-electron chi connectivity index (χ1n) is 12.3. The van der Waals surface area contributed by atoms with Gasteiger partial charge in [-0.15, -0.1) is 11.3 Å². The molecule has 9 heteroatoms. The summed E-state index contributed by atoms with van der Waals surface area (Å²) in [7, 11) is 1.55. The third kappa shape index (κ3) is 5.91. The van der Waals surface area contributed by atoms with Gasteiger partial charge < -0.3 is 20.1 Å². The topological polar surface area (TPSA) is 107 Å². The minimum Gasteiger partial charge on any atom is -0.507 e. The Morgan fingerprint density at radius 3 is 2.76 bits per heavy atom. The number of halogens is 1. The Hall–Kier alpha value is -2.30. The number of hydrogen-bond acceptors (Lipinski definition) is 7. The van der Waals surface area contributed by atoms with E-state index in [2.05, 4.69) is 15.9 Å². The fourth-order valence-electron chi connectivity index (χ4n) is 5.54. The van der Waals surface area contributed by atoms with Gasteiger partial charge in [-0.25, -0.2) is 0 Å². The number of benzene rings is 1. The molecule has 0 saturated carbocycles. The van der Waals surface area contributed by atoms with Crippen LogP contribution in [0.3, 0.4) is 0 Å². The SMILES string of the molecule is COCC1=C([C@H](O)CC/C(C)=C/c2cc(Br)ccc2O)[C@H](CO)[C@@H]2C(=O)N(Cc3cccs3)C(=O)[C@@H]2C1. The van der Waals surface area contributed by atoms with Gasteiger partial charge >= 0.3 is 0 Å². The molecule has 4 atom stereocenters. The summed E-state index contributed by atoms with van der Waals surface area (Å²) in [6.07, 6.45) is 2.21. The standard InChI is InChI=1S/C28H32BrNO6S/c1-16(10-17-11-19(29)6-8-23(17)32)5-7-24(33)25-18(15-36-2)12-21-26(22(25)14-31)28(35)30(27(21)34)13-20-4-3-9-37-20/h3-4,6,8-11,21-22,24,26,31-33H,5,7,12-15H2,1-2H3/b16-10+/t21-,22+,24-,26-/m1/s1. The van der Waals surface area contributed by atoms with E-state index in [1.165, 1.54) is 16.2 Å². The molecule has 198 valence electrons. The van der Waals surface area contributed by atoms with Crippen molar-refractivity contribution in [2.24, 2.45) is 17.8 Å². The third-order valence-corrected chi connectivity index (χ3v) is 8.60. The van der Waals surface area contributed by atoms with Crippen LogP contribution in [0.5, 0.6) is 5.75 Å². The molecule has 3 N–H and O–H groups in total. The Morgan fingerprint density at radius 1 is 1.30 bits per heavy atom. The van der Waals surface area contributed by atoms with E-state index in [0.29, 0.717) is 30.4 Å². The van der Waals surface area contributed by atoms with Gasteiger partial charge in [0.25, 0.3) is 0 Å². The second kappa shape index (κ2) is 12.0. The number of aliphatic hydroxyl groups is 2. The highest BCUT2D eigenvalue weighted by Crippen LogP contribution is 2.46. The number of thiophene rings is 1. The first kappa shape index (κ1) is 27.7. The summed E-state index contributed by atoms with van der Waals surface area (Å²) in [5, 5.41) is 33.8. The average Bonchev–Trinajstić information content (AvgIpc) is 3.47. The lowest BCUT2D eigenvalue weighted by Crippen LogP contribution is -2.39. The maximum atomic E-state index is 13.4. The molecule has 2 heterocycles. The number of hydrogen-bond donors (Lipinski definition) is 3. The van der Waals surface area contributed by atoms with Crippen molar-refractivity contribution < 1.29 is 29.6 Å². The highest BCUT2D eigenvalue weighted by atomic mass is 79.9. The number of carbonyl (C=O) groups is 2. The monoisotopic (exact) mass is 589 g/mol. The Morgan fingerprint density at radius 2 is 2.08 bits per heavy atom. The van der Waals surface area contributed by atoms with Crippen LogP contribution in [0.15, 0.2) is 56.9 Å². The molecule has 1 aromatic heterocycles. The second-order valence-electron chi connectivity index (χ2n) is 9.71. The molecular formula is C28H32BrNO6S. The van der Waals surface area contributed by atoms with E-state index < -0.39 is 23.9 Å². The zero-order chi connectivity index (χ0) is 26.7. The number of likely N-dealkylation sites (tertiary alicyclic amines) is 1. The molecule has 1 aromatic carbocycles. The molecule has 2 amide bonds. The van der Waals surface area contributed by atoms with Crippen molar-refractivity contribution >= 4 is 45.2 Å². The van der Waals surface area contributed by atoms with Crippen molar-refractivity contribution in [2.75, 3.05) is 20.3 Å². The molecule has 0 radical (unpaired) electrons. The van der Waals surface area contributed by atoms with Gasteiger partial charge in [-0.3, -0.25) is 14.5 Å². The predicted molar refractivity (Wildman–Crippen MR) is 146 cm³/mol. The smallest absolute Gasteiger partial charge is 0.234 e. The molecule has 37 heavy (non-hydrogen) atoms. The molecule has 0 bridgehead atoms. The number of amides is 2. The van der Waals surface area contributed by atoms with Gasteiger partial charge in [0, 0.05) is 27.9 Å². The highest BCUT2D eigenvalue weighted by molar-refractivity contribution is 9.10. The Bertz CT molecular complexity index is 1210. The number of aromatic hydroxyl groups is 1. The predicted octanol–water partition coefficient (Wildman–Crippen LogP) is 4.52. The molecule has 1 fully saturated rings. The summed E-state index contributed by atoms with van der Waals surface area (Å²) in [5.74, 6) is -2.25. The molecule has 7 nitrogen and oxygen atoms in total. The molecule has 2 aliphatic rings. The lowest BCUT2D eigenvalue weighted by molar-refractivity contribution is -0.140. The normalized spacial score (nSPS) is 23.1. The minimum atomic E-state index is -0.906. The number of allylic oxidation sites excluding steroid dienone is 1. The average molecular weight is 591 g/mol. The minimum absolute atomic E-state index is 0.170. The maximum absolute atomic E-state index is 13.4. The lowest BCUT2D eigenvalue weighted by atomic mass is 9.68. The van der Waals surface area contributed by atoms with Crippen LogP contribution >= 0.6 is 27.3 Å². The number of imide groups is 1. The first-order chi connectivity index (χ1) is 17.7. The van der Waals surface area contributed by atoms with Crippen molar-refractivity contribution in [3.05, 3.63) is 67.3 Å². The zero-order valence-electron chi connectivity index (χ0n) is 20.9. The van der Waals surface area contributed by atoms with E-state index in [1.54, 1.807) is 19.2 Å². The van der Waals surface area contributed by atoms with E-state index in [9.17, 15) is 24.9 Å². The van der Waals surface area contributed by atoms with Crippen molar-refractivity contribution in [2.45, 2.75) is 38.8 Å². The van der Waals surface area contributed by atoms with Crippen LogP contribution < -0.4 is 0 Å². The van der Waals surface area contributed by atoms with Crippen LogP contribution in [0.2, 0.25) is 0 Å². The van der Waals surface area contributed by atoms with Gasteiger partial charge in [-0.2, -0.15) is 0 Å².